The molecular formula is C16H14FNO3. The van der Waals surface area contributed by atoms with Gasteiger partial charge in [-0.05, 0) is 36.4 Å². The number of ether oxygens (including phenoxy) is 3. The Morgan fingerprint density at radius 2 is 1.62 bits per heavy atom. The van der Waals surface area contributed by atoms with Gasteiger partial charge in [-0.3, -0.25) is 0 Å². The highest BCUT2D eigenvalue weighted by atomic mass is 19.1. The lowest BCUT2D eigenvalue weighted by Gasteiger charge is -2.09. The Balaban J connectivity index is 1.79. The minimum atomic E-state index is -0.469. The Hall–Kier alpha value is -2.74. The van der Waals surface area contributed by atoms with Gasteiger partial charge in [-0.1, -0.05) is 0 Å². The van der Waals surface area contributed by atoms with Crippen molar-refractivity contribution in [2.45, 2.75) is 0 Å². The molecule has 5 heteroatoms. The van der Waals surface area contributed by atoms with Crippen LogP contribution in [-0.4, -0.2) is 20.3 Å². The fraction of sp³-hybridized carbons (Fsp3) is 0.188. The summed E-state index contributed by atoms with van der Waals surface area (Å²) in [5.41, 5.74) is 0.576. The maximum atomic E-state index is 13.4. The van der Waals surface area contributed by atoms with E-state index in [-0.39, 0.29) is 12.4 Å². The Morgan fingerprint density at radius 3 is 2.19 bits per heavy atom. The van der Waals surface area contributed by atoms with Crippen LogP contribution in [0, 0.1) is 17.1 Å². The second-order valence-electron chi connectivity index (χ2n) is 4.13. The standard InChI is InChI=1S/C16H14FNO3/c1-19-16-7-6-14(10-15(16)17)21-9-8-20-13-4-2-12(11-18)3-5-13/h2-7,10H,8-9H2,1H3. The molecule has 2 aromatic carbocycles. The Morgan fingerprint density at radius 1 is 1.00 bits per heavy atom. The lowest BCUT2D eigenvalue weighted by molar-refractivity contribution is 0.216. The molecule has 0 unspecified atom stereocenters. The third kappa shape index (κ3) is 4.11. The van der Waals surface area contributed by atoms with Crippen molar-refractivity contribution >= 4 is 0 Å². The summed E-state index contributed by atoms with van der Waals surface area (Å²) in [6.45, 7) is 0.602. The molecule has 0 N–H and O–H groups in total. The van der Waals surface area contributed by atoms with E-state index in [2.05, 4.69) is 0 Å². The van der Waals surface area contributed by atoms with Crippen molar-refractivity contribution in [1.29, 1.82) is 5.26 Å². The van der Waals surface area contributed by atoms with E-state index in [0.29, 0.717) is 23.7 Å². The number of methoxy groups -OCH3 is 1. The molecule has 2 aromatic rings. The topological polar surface area (TPSA) is 51.5 Å². The van der Waals surface area contributed by atoms with Crippen LogP contribution in [0.15, 0.2) is 42.5 Å². The summed E-state index contributed by atoms with van der Waals surface area (Å²) in [4.78, 5) is 0. The van der Waals surface area contributed by atoms with E-state index >= 15 is 0 Å². The first-order valence-corrected chi connectivity index (χ1v) is 6.32. The molecule has 0 aromatic heterocycles. The van der Waals surface area contributed by atoms with Crippen LogP contribution in [0.1, 0.15) is 5.56 Å². The molecule has 108 valence electrons. The molecule has 21 heavy (non-hydrogen) atoms. The predicted octanol–water partition coefficient (Wildman–Crippen LogP) is 3.16. The highest BCUT2D eigenvalue weighted by Gasteiger charge is 2.04. The molecule has 0 fully saturated rings. The zero-order valence-electron chi connectivity index (χ0n) is 11.5. The molecule has 0 saturated carbocycles. The number of hydrogen-bond donors (Lipinski definition) is 0. The average Bonchev–Trinajstić information content (AvgIpc) is 2.52. The summed E-state index contributed by atoms with van der Waals surface area (Å²) in [5.74, 6) is 0.773. The maximum Gasteiger partial charge on any atom is 0.168 e. The fourth-order valence-electron chi connectivity index (χ4n) is 1.68. The van der Waals surface area contributed by atoms with Crippen LogP contribution in [0.5, 0.6) is 17.2 Å². The summed E-state index contributed by atoms with van der Waals surface area (Å²) in [6.07, 6.45) is 0. The second-order valence-corrected chi connectivity index (χ2v) is 4.13. The van der Waals surface area contributed by atoms with Crippen molar-refractivity contribution in [1.82, 2.24) is 0 Å². The molecule has 0 spiro atoms. The van der Waals surface area contributed by atoms with Gasteiger partial charge in [0, 0.05) is 6.07 Å². The molecule has 0 amide bonds. The van der Waals surface area contributed by atoms with Gasteiger partial charge in [0.1, 0.15) is 24.7 Å². The molecular weight excluding hydrogens is 273 g/mol. The summed E-state index contributed by atoms with van der Waals surface area (Å²) < 4.78 is 29.1. The number of nitriles is 1. The predicted molar refractivity (Wildman–Crippen MR) is 75.1 cm³/mol. The van der Waals surface area contributed by atoms with Gasteiger partial charge in [-0.25, -0.2) is 4.39 Å². The first-order chi connectivity index (χ1) is 10.2. The van der Waals surface area contributed by atoms with Gasteiger partial charge in [0.2, 0.25) is 0 Å². The van der Waals surface area contributed by atoms with E-state index in [1.165, 1.54) is 19.2 Å². The van der Waals surface area contributed by atoms with E-state index in [1.807, 2.05) is 6.07 Å². The van der Waals surface area contributed by atoms with E-state index in [9.17, 15) is 4.39 Å². The van der Waals surface area contributed by atoms with Crippen molar-refractivity contribution in [2.75, 3.05) is 20.3 Å². The maximum absolute atomic E-state index is 13.4. The first kappa shape index (κ1) is 14.7. The normalized spacial score (nSPS) is 9.76. The minimum Gasteiger partial charge on any atom is -0.494 e. The van der Waals surface area contributed by atoms with Gasteiger partial charge >= 0.3 is 0 Å². The molecule has 0 aliphatic heterocycles. The zero-order chi connectivity index (χ0) is 15.1. The van der Waals surface area contributed by atoms with Crippen molar-refractivity contribution in [3.8, 4) is 23.3 Å². The Bertz CT molecular complexity index is 635. The third-order valence-electron chi connectivity index (χ3n) is 2.73. The molecule has 0 aliphatic rings. The fourth-order valence-corrected chi connectivity index (χ4v) is 1.68. The monoisotopic (exact) mass is 287 g/mol. The van der Waals surface area contributed by atoms with E-state index in [4.69, 9.17) is 19.5 Å². The smallest absolute Gasteiger partial charge is 0.168 e. The Kier molecular flexibility index (Phi) is 4.99. The zero-order valence-corrected chi connectivity index (χ0v) is 11.5. The highest BCUT2D eigenvalue weighted by molar-refractivity contribution is 5.34. The summed E-state index contributed by atoms with van der Waals surface area (Å²) in [7, 11) is 1.41. The number of nitrogens with zero attached hydrogens (tertiary/aromatic N) is 1. The van der Waals surface area contributed by atoms with Crippen molar-refractivity contribution in [3.05, 3.63) is 53.8 Å². The van der Waals surface area contributed by atoms with E-state index in [0.717, 1.165) is 0 Å². The quantitative estimate of drug-likeness (QED) is 0.766. The third-order valence-corrected chi connectivity index (χ3v) is 2.73. The molecule has 0 bridgehead atoms. The van der Waals surface area contributed by atoms with Gasteiger partial charge in [-0.2, -0.15) is 5.26 Å². The molecule has 4 nitrogen and oxygen atoms in total. The number of hydrogen-bond acceptors (Lipinski definition) is 4. The van der Waals surface area contributed by atoms with Gasteiger partial charge < -0.3 is 14.2 Å². The van der Waals surface area contributed by atoms with E-state index in [1.54, 1.807) is 30.3 Å². The van der Waals surface area contributed by atoms with Crippen molar-refractivity contribution in [3.63, 3.8) is 0 Å². The van der Waals surface area contributed by atoms with Crippen LogP contribution in [0.2, 0.25) is 0 Å². The molecule has 0 radical (unpaired) electrons. The van der Waals surface area contributed by atoms with Crippen molar-refractivity contribution < 1.29 is 18.6 Å². The molecule has 0 atom stereocenters. The highest BCUT2D eigenvalue weighted by Crippen LogP contribution is 2.22. The van der Waals surface area contributed by atoms with Crippen LogP contribution in [-0.2, 0) is 0 Å². The van der Waals surface area contributed by atoms with Crippen LogP contribution < -0.4 is 14.2 Å². The van der Waals surface area contributed by atoms with Gasteiger partial charge in [0.15, 0.2) is 11.6 Å². The van der Waals surface area contributed by atoms with Gasteiger partial charge in [0.05, 0.1) is 18.7 Å². The SMILES string of the molecule is COc1ccc(OCCOc2ccc(C#N)cc2)cc1F. The van der Waals surface area contributed by atoms with Crippen LogP contribution in [0.4, 0.5) is 4.39 Å². The van der Waals surface area contributed by atoms with Crippen LogP contribution >= 0.6 is 0 Å². The summed E-state index contributed by atoms with van der Waals surface area (Å²) in [6, 6.07) is 13.2. The molecule has 0 saturated heterocycles. The summed E-state index contributed by atoms with van der Waals surface area (Å²) in [5, 5.41) is 8.68. The second kappa shape index (κ2) is 7.15. The molecule has 0 aliphatic carbocycles. The van der Waals surface area contributed by atoms with E-state index < -0.39 is 5.82 Å². The number of halogens is 1. The average molecular weight is 287 g/mol. The van der Waals surface area contributed by atoms with Crippen LogP contribution in [0.3, 0.4) is 0 Å². The first-order valence-electron chi connectivity index (χ1n) is 6.32. The number of benzene rings is 2. The molecule has 2 rings (SSSR count). The Labute approximate surface area is 122 Å². The number of rotatable bonds is 6. The van der Waals surface area contributed by atoms with Crippen molar-refractivity contribution in [2.24, 2.45) is 0 Å². The largest absolute Gasteiger partial charge is 0.494 e. The van der Waals surface area contributed by atoms with Crippen LogP contribution in [0.25, 0.3) is 0 Å². The lowest BCUT2D eigenvalue weighted by atomic mass is 10.2. The molecule has 0 heterocycles. The minimum absolute atomic E-state index is 0.177. The van der Waals surface area contributed by atoms with Gasteiger partial charge in [-0.15, -0.1) is 0 Å². The van der Waals surface area contributed by atoms with Gasteiger partial charge in [0.25, 0.3) is 0 Å². The summed E-state index contributed by atoms with van der Waals surface area (Å²) >= 11 is 0. The lowest BCUT2D eigenvalue weighted by Crippen LogP contribution is -2.09.